The number of carbonyl (C=O) groups is 1. The van der Waals surface area contributed by atoms with Gasteiger partial charge in [0.1, 0.15) is 4.87 Å². The van der Waals surface area contributed by atoms with Crippen molar-refractivity contribution in [2.75, 3.05) is 14.2 Å². The summed E-state index contributed by atoms with van der Waals surface area (Å²) in [7, 11) is 2.88. The fourth-order valence-electron chi connectivity index (χ4n) is 5.50. The van der Waals surface area contributed by atoms with E-state index in [0.29, 0.717) is 0 Å². The Hall–Kier alpha value is -0.130. The van der Waals surface area contributed by atoms with Crippen LogP contribution in [0.5, 0.6) is 0 Å². The maximum Gasteiger partial charge on any atom is 0.218 e. The molecule has 0 amide bonds. The number of methoxy groups -OCH3 is 2. The molecule has 3 fully saturated rings. The summed E-state index contributed by atoms with van der Waals surface area (Å²) in [5, 5.41) is 11.3. The second-order valence-corrected chi connectivity index (χ2v) is 8.17. The van der Waals surface area contributed by atoms with Crippen molar-refractivity contribution in [3.05, 3.63) is 12.7 Å². The second kappa shape index (κ2) is 5.43. The Bertz CT molecular complexity index is 535. The topological polar surface area (TPSA) is 55.8 Å². The third-order valence-electron chi connectivity index (χ3n) is 6.32. The lowest BCUT2D eigenvalue weighted by molar-refractivity contribution is -0.235. The number of Topliss-reactive ketones (excluding diaryl/α,β-unsaturated/α-hetero) is 1. The largest absolute Gasteiger partial charge is 0.380 e. The summed E-state index contributed by atoms with van der Waals surface area (Å²) in [6.45, 7) is 3.67. The molecular formula is C17H24Cl2O4. The number of aliphatic hydroxyl groups is 1. The molecule has 0 aromatic carbocycles. The summed E-state index contributed by atoms with van der Waals surface area (Å²) in [4.78, 5) is 10.3. The Morgan fingerprint density at radius 1 is 1.22 bits per heavy atom. The zero-order valence-electron chi connectivity index (χ0n) is 13.6. The van der Waals surface area contributed by atoms with Gasteiger partial charge in [0.15, 0.2) is 16.3 Å². The summed E-state index contributed by atoms with van der Waals surface area (Å²) in [5.41, 5.74) is -1.84. The molecule has 1 N–H and O–H groups in total. The average molecular weight is 363 g/mol. The highest BCUT2D eigenvalue weighted by Crippen LogP contribution is 2.74. The number of alkyl halides is 2. The van der Waals surface area contributed by atoms with Gasteiger partial charge in [0.2, 0.25) is 5.79 Å². The highest BCUT2D eigenvalue weighted by Gasteiger charge is 2.92. The molecule has 0 heterocycles. The van der Waals surface area contributed by atoms with E-state index in [9.17, 15) is 9.90 Å². The van der Waals surface area contributed by atoms with Crippen LogP contribution in [-0.4, -0.2) is 46.2 Å². The number of ketones is 1. The molecule has 2 bridgehead atoms. The first-order chi connectivity index (χ1) is 10.8. The van der Waals surface area contributed by atoms with Crippen LogP contribution in [0.4, 0.5) is 0 Å². The minimum Gasteiger partial charge on any atom is -0.380 e. The highest BCUT2D eigenvalue weighted by atomic mass is 35.5. The third kappa shape index (κ3) is 1.63. The van der Waals surface area contributed by atoms with Crippen LogP contribution in [0.15, 0.2) is 12.7 Å². The van der Waals surface area contributed by atoms with Gasteiger partial charge in [-0.05, 0) is 24.7 Å². The lowest BCUT2D eigenvalue weighted by Gasteiger charge is -2.46. The van der Waals surface area contributed by atoms with Gasteiger partial charge in [0, 0.05) is 20.6 Å². The molecule has 3 saturated carbocycles. The first-order valence-corrected chi connectivity index (χ1v) is 8.93. The molecule has 0 aromatic heterocycles. The van der Waals surface area contributed by atoms with Crippen LogP contribution in [0.25, 0.3) is 0 Å². The second-order valence-electron chi connectivity index (χ2n) is 6.98. The fraction of sp³-hybridized carbons (Fsp3) is 0.824. The van der Waals surface area contributed by atoms with Crippen LogP contribution in [0.3, 0.4) is 0 Å². The first kappa shape index (κ1) is 17.7. The summed E-state index contributed by atoms with van der Waals surface area (Å²) in [6.07, 6.45) is 6.17. The Kier molecular flexibility index (Phi) is 4.18. The molecule has 0 radical (unpaired) electrons. The zero-order chi connectivity index (χ0) is 17.1. The van der Waals surface area contributed by atoms with Crippen LogP contribution >= 0.6 is 23.2 Å². The van der Waals surface area contributed by atoms with E-state index < -0.39 is 26.9 Å². The van der Waals surface area contributed by atoms with Gasteiger partial charge in [-0.3, -0.25) is 4.79 Å². The molecule has 0 aromatic rings. The molecule has 3 rings (SSSR count). The van der Waals surface area contributed by atoms with E-state index in [1.807, 2.05) is 0 Å². The van der Waals surface area contributed by atoms with E-state index in [1.165, 1.54) is 20.3 Å². The molecular weight excluding hydrogens is 339 g/mol. The van der Waals surface area contributed by atoms with Crippen molar-refractivity contribution in [2.45, 2.75) is 59.7 Å². The summed E-state index contributed by atoms with van der Waals surface area (Å²) >= 11 is 14.0. The summed E-state index contributed by atoms with van der Waals surface area (Å²) < 4.78 is 11.4. The van der Waals surface area contributed by atoms with Crippen molar-refractivity contribution >= 4 is 29.0 Å². The van der Waals surface area contributed by atoms with E-state index in [2.05, 4.69) is 6.58 Å². The molecule has 0 aliphatic heterocycles. The predicted octanol–water partition coefficient (Wildman–Crippen LogP) is 3.03. The molecule has 4 nitrogen and oxygen atoms in total. The quantitative estimate of drug-likeness (QED) is 0.474. The van der Waals surface area contributed by atoms with Crippen molar-refractivity contribution in [1.29, 1.82) is 0 Å². The van der Waals surface area contributed by atoms with E-state index >= 15 is 0 Å². The summed E-state index contributed by atoms with van der Waals surface area (Å²) in [6, 6.07) is 0. The molecule has 0 spiro atoms. The Labute approximate surface area is 147 Å². The molecule has 3 aliphatic carbocycles. The van der Waals surface area contributed by atoms with Gasteiger partial charge in [-0.1, -0.05) is 25.3 Å². The van der Waals surface area contributed by atoms with Crippen LogP contribution < -0.4 is 0 Å². The Balaban J connectivity index is 2.29. The minimum absolute atomic E-state index is 0.0293. The van der Waals surface area contributed by atoms with E-state index in [0.717, 1.165) is 32.1 Å². The SMILES string of the molecule is C=CC[C@@]1(O)C(=O)[C@]2(Cl)[C@@H]3CCCCC[C@@H]3[C@@]1(Cl)C2(OC)OC. The van der Waals surface area contributed by atoms with Crippen LogP contribution in [0.1, 0.15) is 38.5 Å². The molecule has 0 saturated heterocycles. The molecule has 5 atom stereocenters. The van der Waals surface area contributed by atoms with Gasteiger partial charge in [0.25, 0.3) is 0 Å². The third-order valence-corrected chi connectivity index (χ3v) is 7.86. The lowest BCUT2D eigenvalue weighted by Crippen LogP contribution is -2.63. The van der Waals surface area contributed by atoms with Gasteiger partial charge in [-0.25, -0.2) is 0 Å². The zero-order valence-corrected chi connectivity index (χ0v) is 15.1. The van der Waals surface area contributed by atoms with Crippen molar-refractivity contribution < 1.29 is 19.4 Å². The van der Waals surface area contributed by atoms with Crippen molar-refractivity contribution in [3.63, 3.8) is 0 Å². The average Bonchev–Trinajstić information content (AvgIpc) is 2.74. The number of carbonyl (C=O) groups excluding carboxylic acids is 1. The molecule has 0 unspecified atom stereocenters. The maximum atomic E-state index is 13.2. The van der Waals surface area contributed by atoms with Crippen LogP contribution in [0.2, 0.25) is 0 Å². The van der Waals surface area contributed by atoms with Gasteiger partial charge in [-0.2, -0.15) is 0 Å². The monoisotopic (exact) mass is 362 g/mol. The number of fused-ring (bicyclic) bond motifs is 5. The number of halogens is 2. The van der Waals surface area contributed by atoms with Crippen LogP contribution in [-0.2, 0) is 14.3 Å². The number of rotatable bonds is 4. The molecule has 3 aliphatic rings. The van der Waals surface area contributed by atoms with Crippen molar-refractivity contribution in [2.24, 2.45) is 11.8 Å². The lowest BCUT2D eigenvalue weighted by atomic mass is 9.67. The van der Waals surface area contributed by atoms with Gasteiger partial charge in [-0.15, -0.1) is 29.8 Å². The Morgan fingerprint density at radius 3 is 2.30 bits per heavy atom. The maximum absolute atomic E-state index is 13.2. The molecule has 6 heteroatoms. The minimum atomic E-state index is -1.84. The normalized spacial score (nSPS) is 48.1. The summed E-state index contributed by atoms with van der Waals surface area (Å²) in [5.74, 6) is -2.35. The first-order valence-electron chi connectivity index (χ1n) is 8.18. The smallest absolute Gasteiger partial charge is 0.218 e. The molecule has 130 valence electrons. The van der Waals surface area contributed by atoms with Crippen molar-refractivity contribution in [1.82, 2.24) is 0 Å². The van der Waals surface area contributed by atoms with Crippen molar-refractivity contribution in [3.8, 4) is 0 Å². The van der Waals surface area contributed by atoms with E-state index in [1.54, 1.807) is 0 Å². The van der Waals surface area contributed by atoms with Gasteiger partial charge < -0.3 is 14.6 Å². The predicted molar refractivity (Wildman–Crippen MR) is 88.8 cm³/mol. The fourth-order valence-corrected chi connectivity index (χ4v) is 7.00. The van der Waals surface area contributed by atoms with Crippen LogP contribution in [0, 0.1) is 11.8 Å². The van der Waals surface area contributed by atoms with Gasteiger partial charge in [0.05, 0.1) is 0 Å². The molecule has 23 heavy (non-hydrogen) atoms. The van der Waals surface area contributed by atoms with E-state index in [4.69, 9.17) is 32.7 Å². The number of hydrogen-bond acceptors (Lipinski definition) is 4. The van der Waals surface area contributed by atoms with E-state index in [-0.39, 0.29) is 18.3 Å². The number of ether oxygens (including phenoxy) is 2. The number of hydrogen-bond donors (Lipinski definition) is 1. The highest BCUT2D eigenvalue weighted by molar-refractivity contribution is 6.44. The van der Waals surface area contributed by atoms with Gasteiger partial charge >= 0.3 is 0 Å². The Morgan fingerprint density at radius 2 is 1.78 bits per heavy atom. The standard InChI is InChI=1S/C17H24Cl2O4/c1-4-10-14(21)13(20)15(18)11-8-6-5-7-9-12(11)16(14,19)17(15,22-2)23-3/h4,11-12,21H,1,5-10H2,2-3H3/t11-,12+,14-,15-,16+/m1/s1.